The smallest absolute Gasteiger partial charge is 0.239 e. The number of methoxy groups -OCH3 is 4. The molecule has 10 nitrogen and oxygen atoms in total. The van der Waals surface area contributed by atoms with Crippen LogP contribution in [0.15, 0.2) is 97.1 Å². The van der Waals surface area contributed by atoms with Crippen molar-refractivity contribution in [2.45, 2.75) is 70.2 Å². The molecule has 2 atom stereocenters. The molecule has 0 spiro atoms. The summed E-state index contributed by atoms with van der Waals surface area (Å²) in [6.07, 6.45) is 1.04. The molecule has 4 aromatic rings. The molecule has 0 bridgehead atoms. The van der Waals surface area contributed by atoms with Gasteiger partial charge in [-0.25, -0.2) is 0 Å². The highest BCUT2D eigenvalue weighted by Crippen LogP contribution is 2.54. The SMILES string of the molecule is COc1ccccc1C(O)(c1ccccc1OC)C(C(C)C)N(C(=O)C1(C(N)=O)CCC1)C(C(C)C)C(O)(c1ccccc1OC)c1ccccc1OC. The molecule has 4 aromatic carbocycles. The number of ether oxygens (including phenoxy) is 4. The molecule has 0 radical (unpaired) electrons. The van der Waals surface area contributed by atoms with Gasteiger partial charge in [-0.1, -0.05) is 107 Å². The number of amides is 2. The monoisotopic (exact) mass is 738 g/mol. The van der Waals surface area contributed by atoms with Crippen molar-refractivity contribution < 1.29 is 38.7 Å². The van der Waals surface area contributed by atoms with E-state index in [-0.39, 0.29) is 12.8 Å². The first-order chi connectivity index (χ1) is 25.8. The molecule has 4 N–H and O–H groups in total. The third kappa shape index (κ3) is 6.55. The number of carbonyl (C=O) groups excluding carboxylic acids is 2. The largest absolute Gasteiger partial charge is 0.496 e. The zero-order chi connectivity index (χ0) is 39.4. The number of benzene rings is 4. The van der Waals surface area contributed by atoms with Crippen LogP contribution < -0.4 is 24.7 Å². The fourth-order valence-corrected chi connectivity index (χ4v) is 8.54. The van der Waals surface area contributed by atoms with Gasteiger partial charge in [0.05, 0.1) is 40.5 Å². The van der Waals surface area contributed by atoms with Crippen molar-refractivity contribution in [3.05, 3.63) is 119 Å². The van der Waals surface area contributed by atoms with E-state index in [4.69, 9.17) is 24.7 Å². The van der Waals surface area contributed by atoms with Gasteiger partial charge in [0.2, 0.25) is 11.8 Å². The first-order valence-electron chi connectivity index (χ1n) is 18.4. The molecular weight excluding hydrogens is 684 g/mol. The minimum absolute atomic E-state index is 0.219. The van der Waals surface area contributed by atoms with Gasteiger partial charge in [0.25, 0.3) is 0 Å². The second-order valence-electron chi connectivity index (χ2n) is 14.7. The van der Waals surface area contributed by atoms with Crippen molar-refractivity contribution in [3.63, 3.8) is 0 Å². The number of nitrogens with zero attached hydrogens (tertiary/aromatic N) is 1. The molecule has 0 aromatic heterocycles. The number of aliphatic hydroxyl groups is 2. The lowest BCUT2D eigenvalue weighted by atomic mass is 9.64. The first-order valence-corrected chi connectivity index (χ1v) is 18.4. The number of hydrogen-bond acceptors (Lipinski definition) is 8. The highest BCUT2D eigenvalue weighted by molar-refractivity contribution is 6.05. The van der Waals surface area contributed by atoms with E-state index in [1.54, 1.807) is 102 Å². The van der Waals surface area contributed by atoms with Crippen LogP contribution in [0.2, 0.25) is 0 Å². The van der Waals surface area contributed by atoms with Crippen molar-refractivity contribution in [2.75, 3.05) is 28.4 Å². The lowest BCUT2D eigenvalue weighted by molar-refractivity contribution is -0.178. The highest BCUT2D eigenvalue weighted by Gasteiger charge is 2.62. The summed E-state index contributed by atoms with van der Waals surface area (Å²) in [5, 5.41) is 27.9. The average molecular weight is 739 g/mol. The predicted molar refractivity (Wildman–Crippen MR) is 208 cm³/mol. The summed E-state index contributed by atoms with van der Waals surface area (Å²) in [5.41, 5.74) is 1.88. The molecule has 5 rings (SSSR count). The van der Waals surface area contributed by atoms with Crippen molar-refractivity contribution >= 4 is 11.8 Å². The standard InChI is InChI=1S/C44H54N2O8/c1-28(2)38(43(49,30-18-9-13-22-34(30)51-5)31-19-10-14-23-35(31)52-6)46(41(48)42(40(45)47)26-17-27-42)39(29(3)4)44(50,32-20-11-15-24-36(32)53-7)33-21-12-16-25-37(33)54-8/h9-16,18-25,28-29,38-39,49-50H,17,26-27H2,1-8H3,(H2,45,47). The van der Waals surface area contributed by atoms with Gasteiger partial charge in [0.15, 0.2) is 0 Å². The quantitative estimate of drug-likeness (QED) is 0.112. The van der Waals surface area contributed by atoms with Crippen LogP contribution in [0.3, 0.4) is 0 Å². The number of nitrogens with two attached hydrogens (primary N) is 1. The highest BCUT2D eigenvalue weighted by atomic mass is 16.5. The van der Waals surface area contributed by atoms with Crippen LogP contribution in [0, 0.1) is 17.3 Å². The van der Waals surface area contributed by atoms with Gasteiger partial charge in [0, 0.05) is 22.3 Å². The van der Waals surface area contributed by atoms with Crippen molar-refractivity contribution in [1.82, 2.24) is 4.90 Å². The van der Waals surface area contributed by atoms with Crippen LogP contribution in [-0.2, 0) is 20.8 Å². The second kappa shape index (κ2) is 16.1. The van der Waals surface area contributed by atoms with E-state index in [0.717, 1.165) is 0 Å². The Morgan fingerprint density at radius 3 is 1.07 bits per heavy atom. The van der Waals surface area contributed by atoms with Crippen LogP contribution >= 0.6 is 0 Å². The lowest BCUT2D eigenvalue weighted by Crippen LogP contribution is -2.69. The minimum Gasteiger partial charge on any atom is -0.496 e. The van der Waals surface area contributed by atoms with E-state index in [0.29, 0.717) is 51.7 Å². The van der Waals surface area contributed by atoms with Gasteiger partial charge in [-0.15, -0.1) is 0 Å². The maximum Gasteiger partial charge on any atom is 0.239 e. The lowest BCUT2D eigenvalue weighted by Gasteiger charge is -2.56. The van der Waals surface area contributed by atoms with Crippen LogP contribution in [-0.4, -0.2) is 67.5 Å². The van der Waals surface area contributed by atoms with Crippen LogP contribution in [0.1, 0.15) is 69.2 Å². The molecule has 1 saturated carbocycles. The summed E-state index contributed by atoms with van der Waals surface area (Å²) < 4.78 is 23.6. The molecule has 1 aliphatic rings. The van der Waals surface area contributed by atoms with Crippen LogP contribution in [0.4, 0.5) is 0 Å². The molecule has 2 amide bonds. The first kappa shape index (κ1) is 40.1. The summed E-state index contributed by atoms with van der Waals surface area (Å²) >= 11 is 0. The summed E-state index contributed by atoms with van der Waals surface area (Å²) in [4.78, 5) is 31.0. The van der Waals surface area contributed by atoms with Crippen molar-refractivity contribution in [2.24, 2.45) is 23.0 Å². The van der Waals surface area contributed by atoms with E-state index in [1.807, 2.05) is 27.7 Å². The molecule has 1 fully saturated rings. The Morgan fingerprint density at radius 2 is 0.870 bits per heavy atom. The Morgan fingerprint density at radius 1 is 0.593 bits per heavy atom. The zero-order valence-electron chi connectivity index (χ0n) is 32.5. The minimum atomic E-state index is -2.07. The zero-order valence-corrected chi connectivity index (χ0v) is 32.5. The number of primary amides is 1. The Kier molecular flexibility index (Phi) is 12.0. The van der Waals surface area contributed by atoms with Crippen molar-refractivity contribution in [1.29, 1.82) is 0 Å². The van der Waals surface area contributed by atoms with Crippen molar-refractivity contribution in [3.8, 4) is 23.0 Å². The summed E-state index contributed by atoms with van der Waals surface area (Å²) in [6.45, 7) is 7.62. The predicted octanol–water partition coefficient (Wildman–Crippen LogP) is 6.43. The van der Waals surface area contributed by atoms with Gasteiger partial charge < -0.3 is 39.8 Å². The Hall–Kier alpha value is -5.06. The molecule has 288 valence electrons. The third-order valence-corrected chi connectivity index (χ3v) is 11.1. The Balaban J connectivity index is 2.01. The number of para-hydroxylation sites is 4. The van der Waals surface area contributed by atoms with Gasteiger partial charge in [-0.2, -0.15) is 0 Å². The van der Waals surface area contributed by atoms with Gasteiger partial charge >= 0.3 is 0 Å². The number of carbonyl (C=O) groups is 2. The van der Waals surface area contributed by atoms with Gasteiger partial charge in [-0.05, 0) is 48.9 Å². The van der Waals surface area contributed by atoms with E-state index in [1.165, 1.54) is 28.4 Å². The summed E-state index contributed by atoms with van der Waals surface area (Å²) in [6, 6.07) is 26.0. The fraction of sp³-hybridized carbons (Fsp3) is 0.409. The molecule has 0 heterocycles. The number of hydrogen-bond donors (Lipinski definition) is 3. The molecule has 0 aliphatic heterocycles. The summed E-state index contributed by atoms with van der Waals surface area (Å²) in [7, 11) is 6.07. The third-order valence-electron chi connectivity index (χ3n) is 11.1. The van der Waals surface area contributed by atoms with Gasteiger partial charge in [0.1, 0.15) is 39.6 Å². The Bertz CT molecular complexity index is 1730. The van der Waals surface area contributed by atoms with E-state index < -0.39 is 52.4 Å². The van der Waals surface area contributed by atoms with Crippen LogP contribution in [0.5, 0.6) is 23.0 Å². The Labute approximate surface area is 318 Å². The van der Waals surface area contributed by atoms with E-state index in [9.17, 15) is 15.0 Å². The summed E-state index contributed by atoms with van der Waals surface area (Å²) in [5.74, 6) is -0.952. The van der Waals surface area contributed by atoms with E-state index >= 15 is 4.79 Å². The average Bonchev–Trinajstić information content (AvgIpc) is 3.16. The maximum atomic E-state index is 15.9. The molecular formula is C44H54N2O8. The fourth-order valence-electron chi connectivity index (χ4n) is 8.54. The molecule has 1 aliphatic carbocycles. The topological polar surface area (TPSA) is 141 Å². The van der Waals surface area contributed by atoms with E-state index in [2.05, 4.69) is 0 Å². The molecule has 2 unspecified atom stereocenters. The normalized spacial score (nSPS) is 15.2. The molecule has 10 heteroatoms. The number of rotatable bonds is 16. The molecule has 54 heavy (non-hydrogen) atoms. The van der Waals surface area contributed by atoms with Gasteiger partial charge in [-0.3, -0.25) is 9.59 Å². The maximum absolute atomic E-state index is 15.9. The van der Waals surface area contributed by atoms with Crippen LogP contribution in [0.25, 0.3) is 0 Å². The molecule has 0 saturated heterocycles. The second-order valence-corrected chi connectivity index (χ2v) is 14.7.